The average molecular weight is 421 g/mol. The van der Waals surface area contributed by atoms with E-state index in [2.05, 4.69) is 10.4 Å². The highest BCUT2D eigenvalue weighted by atomic mass is 16.5. The van der Waals surface area contributed by atoms with Crippen LogP contribution in [-0.2, 0) is 16.0 Å². The van der Waals surface area contributed by atoms with E-state index in [1.807, 2.05) is 45.0 Å². The van der Waals surface area contributed by atoms with Crippen LogP contribution in [0.3, 0.4) is 0 Å². The van der Waals surface area contributed by atoms with Crippen molar-refractivity contribution in [2.24, 2.45) is 0 Å². The van der Waals surface area contributed by atoms with Crippen LogP contribution in [0, 0.1) is 6.92 Å². The van der Waals surface area contributed by atoms with Crippen LogP contribution in [0.25, 0.3) is 10.8 Å². The fourth-order valence-corrected chi connectivity index (χ4v) is 3.21. The second kappa shape index (κ2) is 10.0. The maximum atomic E-state index is 12.6. The number of aromatic nitrogens is 2. The minimum Gasteiger partial charge on any atom is -0.459 e. The Kier molecular flexibility index (Phi) is 7.18. The minimum atomic E-state index is -0.625. The van der Waals surface area contributed by atoms with Gasteiger partial charge in [-0.3, -0.25) is 9.59 Å². The lowest BCUT2D eigenvalue weighted by molar-refractivity contribution is -0.121. The number of carbonyl (C=O) groups is 2. The second-order valence-electron chi connectivity index (χ2n) is 7.71. The van der Waals surface area contributed by atoms with Gasteiger partial charge in [-0.05, 0) is 38.8 Å². The molecule has 2 aromatic carbocycles. The van der Waals surface area contributed by atoms with Crippen LogP contribution in [0.1, 0.15) is 47.9 Å². The maximum absolute atomic E-state index is 12.6. The van der Waals surface area contributed by atoms with E-state index in [0.29, 0.717) is 23.6 Å². The lowest BCUT2D eigenvalue weighted by Gasteiger charge is -2.13. The van der Waals surface area contributed by atoms with Crippen molar-refractivity contribution in [2.75, 3.05) is 13.2 Å². The van der Waals surface area contributed by atoms with Gasteiger partial charge in [-0.1, -0.05) is 48.0 Å². The predicted octanol–water partition coefficient (Wildman–Crippen LogP) is 3.19. The zero-order valence-corrected chi connectivity index (χ0v) is 18.1. The standard InChI is InChI=1S/C24H27N3O4/c1-16(2)27-23(29)20-7-5-4-6-19(20)22(26-27)24(30)31-15-14-25-21(28)13-12-18-10-8-17(3)9-11-18/h4-11,16H,12-15H2,1-3H3,(H,25,28). The van der Waals surface area contributed by atoms with Crippen LogP contribution in [0.2, 0.25) is 0 Å². The van der Waals surface area contributed by atoms with Gasteiger partial charge in [0.1, 0.15) is 6.61 Å². The van der Waals surface area contributed by atoms with Crippen molar-refractivity contribution in [3.8, 4) is 0 Å². The summed E-state index contributed by atoms with van der Waals surface area (Å²) in [6.45, 7) is 5.90. The number of esters is 1. The van der Waals surface area contributed by atoms with E-state index in [1.165, 1.54) is 10.2 Å². The van der Waals surface area contributed by atoms with Gasteiger partial charge in [0.15, 0.2) is 5.69 Å². The summed E-state index contributed by atoms with van der Waals surface area (Å²) in [4.78, 5) is 37.2. The SMILES string of the molecule is Cc1ccc(CCC(=O)NCCOC(=O)c2nn(C(C)C)c(=O)c3ccccc23)cc1. The van der Waals surface area contributed by atoms with Gasteiger partial charge in [0.25, 0.3) is 5.56 Å². The van der Waals surface area contributed by atoms with Crippen molar-refractivity contribution in [2.45, 2.75) is 39.7 Å². The minimum absolute atomic E-state index is 0.0198. The smallest absolute Gasteiger partial charge is 0.359 e. The topological polar surface area (TPSA) is 90.3 Å². The number of aryl methyl sites for hydroxylation is 2. The molecule has 0 aliphatic carbocycles. The Bertz CT molecular complexity index is 1130. The van der Waals surface area contributed by atoms with Crippen LogP contribution < -0.4 is 10.9 Å². The third-order valence-corrected chi connectivity index (χ3v) is 4.93. The molecule has 3 rings (SSSR count). The molecule has 0 aliphatic rings. The van der Waals surface area contributed by atoms with Gasteiger partial charge in [-0.15, -0.1) is 0 Å². The third kappa shape index (κ3) is 5.57. The number of ether oxygens (including phenoxy) is 1. The number of fused-ring (bicyclic) bond motifs is 1. The summed E-state index contributed by atoms with van der Waals surface area (Å²) in [7, 11) is 0. The Hall–Kier alpha value is -3.48. The zero-order valence-electron chi connectivity index (χ0n) is 18.1. The van der Waals surface area contributed by atoms with Crippen molar-refractivity contribution in [1.29, 1.82) is 0 Å². The monoisotopic (exact) mass is 421 g/mol. The van der Waals surface area contributed by atoms with Gasteiger partial charge < -0.3 is 10.1 Å². The molecular formula is C24H27N3O4. The number of hydrogen-bond donors (Lipinski definition) is 1. The summed E-state index contributed by atoms with van der Waals surface area (Å²) in [6, 6.07) is 14.7. The lowest BCUT2D eigenvalue weighted by Crippen LogP contribution is -2.30. The third-order valence-electron chi connectivity index (χ3n) is 4.93. The average Bonchev–Trinajstić information content (AvgIpc) is 2.76. The summed E-state index contributed by atoms with van der Waals surface area (Å²) >= 11 is 0. The van der Waals surface area contributed by atoms with Gasteiger partial charge in [0.05, 0.1) is 18.0 Å². The van der Waals surface area contributed by atoms with E-state index >= 15 is 0 Å². The van der Waals surface area contributed by atoms with Gasteiger partial charge in [-0.2, -0.15) is 5.10 Å². The number of amides is 1. The number of benzene rings is 2. The van der Waals surface area contributed by atoms with Crippen LogP contribution in [-0.4, -0.2) is 34.8 Å². The van der Waals surface area contributed by atoms with Gasteiger partial charge in [0.2, 0.25) is 5.91 Å². The highest BCUT2D eigenvalue weighted by Crippen LogP contribution is 2.15. The Morgan fingerprint density at radius 1 is 1.06 bits per heavy atom. The van der Waals surface area contributed by atoms with Crippen LogP contribution in [0.15, 0.2) is 53.3 Å². The molecule has 7 heteroatoms. The molecule has 0 saturated carbocycles. The summed E-state index contributed by atoms with van der Waals surface area (Å²) < 4.78 is 6.59. The number of nitrogens with one attached hydrogen (secondary N) is 1. The molecular weight excluding hydrogens is 394 g/mol. The Balaban J connectivity index is 1.55. The van der Waals surface area contributed by atoms with Crippen molar-refractivity contribution in [3.63, 3.8) is 0 Å². The second-order valence-corrected chi connectivity index (χ2v) is 7.71. The first kappa shape index (κ1) is 22.2. The Morgan fingerprint density at radius 2 is 1.74 bits per heavy atom. The molecule has 3 aromatic rings. The molecule has 0 fully saturated rings. The number of hydrogen-bond acceptors (Lipinski definition) is 5. The highest BCUT2D eigenvalue weighted by Gasteiger charge is 2.19. The van der Waals surface area contributed by atoms with Crippen molar-refractivity contribution in [1.82, 2.24) is 15.1 Å². The molecule has 1 amide bonds. The van der Waals surface area contributed by atoms with E-state index < -0.39 is 5.97 Å². The normalized spacial score (nSPS) is 11.0. The molecule has 0 unspecified atom stereocenters. The zero-order chi connectivity index (χ0) is 22.4. The maximum Gasteiger partial charge on any atom is 0.359 e. The van der Waals surface area contributed by atoms with Crippen molar-refractivity contribution in [3.05, 3.63) is 75.7 Å². The molecule has 1 heterocycles. The summed E-state index contributed by atoms with van der Waals surface area (Å²) in [5.74, 6) is -0.729. The van der Waals surface area contributed by atoms with E-state index in [1.54, 1.807) is 24.3 Å². The summed E-state index contributed by atoms with van der Waals surface area (Å²) in [5.41, 5.74) is 2.13. The molecule has 162 valence electrons. The van der Waals surface area contributed by atoms with E-state index in [9.17, 15) is 14.4 Å². The quantitative estimate of drug-likeness (QED) is 0.446. The predicted molar refractivity (Wildman–Crippen MR) is 119 cm³/mol. The summed E-state index contributed by atoms with van der Waals surface area (Å²) in [6.07, 6.45) is 1.01. The van der Waals surface area contributed by atoms with Crippen LogP contribution >= 0.6 is 0 Å². The first-order chi connectivity index (χ1) is 14.9. The molecule has 7 nitrogen and oxygen atoms in total. The van der Waals surface area contributed by atoms with Crippen LogP contribution in [0.4, 0.5) is 0 Å². The molecule has 0 bridgehead atoms. The largest absolute Gasteiger partial charge is 0.459 e. The molecule has 0 radical (unpaired) electrons. The Labute approximate surface area is 181 Å². The molecule has 0 saturated heterocycles. The summed E-state index contributed by atoms with van der Waals surface area (Å²) in [5, 5.41) is 7.85. The molecule has 1 aromatic heterocycles. The number of rotatable bonds is 8. The van der Waals surface area contributed by atoms with Crippen molar-refractivity contribution >= 4 is 22.6 Å². The van der Waals surface area contributed by atoms with E-state index in [-0.39, 0.29) is 36.4 Å². The fraction of sp³-hybridized carbons (Fsp3) is 0.333. The fourth-order valence-electron chi connectivity index (χ4n) is 3.21. The lowest BCUT2D eigenvalue weighted by atomic mass is 10.1. The molecule has 31 heavy (non-hydrogen) atoms. The molecule has 0 aliphatic heterocycles. The first-order valence-electron chi connectivity index (χ1n) is 10.4. The van der Waals surface area contributed by atoms with Crippen molar-refractivity contribution < 1.29 is 14.3 Å². The molecule has 0 atom stereocenters. The highest BCUT2D eigenvalue weighted by molar-refractivity contribution is 6.02. The van der Waals surface area contributed by atoms with Gasteiger partial charge in [-0.25, -0.2) is 9.48 Å². The molecule has 0 spiro atoms. The van der Waals surface area contributed by atoms with Crippen LogP contribution in [0.5, 0.6) is 0 Å². The number of carbonyl (C=O) groups excluding carboxylic acids is 2. The first-order valence-corrected chi connectivity index (χ1v) is 10.4. The van der Waals surface area contributed by atoms with E-state index in [0.717, 1.165) is 5.56 Å². The van der Waals surface area contributed by atoms with Gasteiger partial charge >= 0.3 is 5.97 Å². The van der Waals surface area contributed by atoms with Gasteiger partial charge in [0, 0.05) is 11.8 Å². The number of nitrogens with zero attached hydrogens (tertiary/aromatic N) is 2. The molecule has 1 N–H and O–H groups in total. The van der Waals surface area contributed by atoms with E-state index in [4.69, 9.17) is 4.74 Å². The Morgan fingerprint density at radius 3 is 2.42 bits per heavy atom.